The van der Waals surface area contributed by atoms with Crippen LogP contribution >= 0.6 is 0 Å². The zero-order valence-electron chi connectivity index (χ0n) is 12.6. The summed E-state index contributed by atoms with van der Waals surface area (Å²) in [6.45, 7) is 13.8. The summed E-state index contributed by atoms with van der Waals surface area (Å²) in [5.74, 6) is 0.749. The van der Waals surface area contributed by atoms with Crippen LogP contribution in [0.4, 0.5) is 0 Å². The molecule has 1 heterocycles. The lowest BCUT2D eigenvalue weighted by Gasteiger charge is -2.35. The van der Waals surface area contributed by atoms with E-state index in [-0.39, 0.29) is 0 Å². The molecule has 0 saturated carbocycles. The lowest BCUT2D eigenvalue weighted by Crippen LogP contribution is -2.48. The van der Waals surface area contributed by atoms with Crippen molar-refractivity contribution in [2.24, 2.45) is 5.92 Å². The first-order valence-corrected chi connectivity index (χ1v) is 7.66. The van der Waals surface area contributed by atoms with Crippen molar-refractivity contribution in [1.29, 1.82) is 0 Å². The average molecular weight is 258 g/mol. The van der Waals surface area contributed by atoms with E-state index < -0.39 is 0 Å². The van der Waals surface area contributed by atoms with Crippen LogP contribution in [0.5, 0.6) is 0 Å². The van der Waals surface area contributed by atoms with E-state index in [4.69, 9.17) is 0 Å². The van der Waals surface area contributed by atoms with Crippen molar-refractivity contribution in [1.82, 2.24) is 0 Å². The van der Waals surface area contributed by atoms with Gasteiger partial charge in [-0.3, -0.25) is 0 Å². The molecule has 0 aliphatic carbocycles. The van der Waals surface area contributed by atoms with E-state index in [0.717, 1.165) is 12.5 Å². The summed E-state index contributed by atoms with van der Waals surface area (Å²) >= 11 is 0. The molecule has 0 spiro atoms. The molecule has 1 fully saturated rings. The molecule has 1 atom stereocenters. The molecule has 0 radical (unpaired) electrons. The number of quaternary nitrogens is 1. The van der Waals surface area contributed by atoms with Crippen molar-refractivity contribution >= 4 is 0 Å². The monoisotopic (exact) mass is 258 g/mol. The highest BCUT2D eigenvalue weighted by atomic mass is 15.4. The summed E-state index contributed by atoms with van der Waals surface area (Å²) in [5, 5.41) is 0. The van der Waals surface area contributed by atoms with Gasteiger partial charge in [-0.2, -0.15) is 0 Å². The summed E-state index contributed by atoms with van der Waals surface area (Å²) in [6.07, 6.45) is 6.12. The normalized spacial score (nSPS) is 19.3. The molecule has 19 heavy (non-hydrogen) atoms. The number of aryl methyl sites for hydroxylation is 1. The first-order valence-electron chi connectivity index (χ1n) is 7.66. The summed E-state index contributed by atoms with van der Waals surface area (Å²) in [5.41, 5.74) is 2.96. The molecular formula is C18H28N+. The minimum absolute atomic E-state index is 0.749. The van der Waals surface area contributed by atoms with Gasteiger partial charge in [-0.1, -0.05) is 37.8 Å². The number of rotatable bonds is 6. The number of likely N-dealkylation sites (tertiary alicyclic amines) is 1. The standard InChI is InChI=1S/C18H28N/c1-4-11-19(12-7-8-13-19)15-16(2)14-18-10-6-5-9-17(18)3/h4-6,9-10,16H,1,7-8,11-15H2,2-3H3/q+1. The van der Waals surface area contributed by atoms with E-state index in [2.05, 4.69) is 50.8 Å². The maximum atomic E-state index is 3.96. The SMILES string of the molecule is C=CC[N+]1(CC(C)Cc2ccccc2C)CCCC1. The Morgan fingerprint density at radius 3 is 2.58 bits per heavy atom. The molecule has 1 aliphatic rings. The second kappa shape index (κ2) is 6.38. The second-order valence-corrected chi connectivity index (χ2v) is 6.39. The van der Waals surface area contributed by atoms with Gasteiger partial charge in [0.05, 0.1) is 26.2 Å². The van der Waals surface area contributed by atoms with Gasteiger partial charge < -0.3 is 4.48 Å². The molecule has 0 bridgehead atoms. The van der Waals surface area contributed by atoms with Crippen molar-refractivity contribution in [3.05, 3.63) is 48.0 Å². The van der Waals surface area contributed by atoms with Crippen molar-refractivity contribution in [3.63, 3.8) is 0 Å². The smallest absolute Gasteiger partial charge is 0.0971 e. The van der Waals surface area contributed by atoms with Crippen LogP contribution < -0.4 is 0 Å². The topological polar surface area (TPSA) is 0 Å². The van der Waals surface area contributed by atoms with Gasteiger partial charge in [-0.05, 0) is 30.5 Å². The molecule has 1 aromatic carbocycles. The zero-order chi connectivity index (χ0) is 13.7. The van der Waals surface area contributed by atoms with Crippen molar-refractivity contribution in [3.8, 4) is 0 Å². The Morgan fingerprint density at radius 2 is 1.95 bits per heavy atom. The first kappa shape index (κ1) is 14.3. The highest BCUT2D eigenvalue weighted by Gasteiger charge is 2.32. The molecule has 1 nitrogen and oxygen atoms in total. The van der Waals surface area contributed by atoms with Crippen LogP contribution in [0.2, 0.25) is 0 Å². The van der Waals surface area contributed by atoms with Crippen LogP contribution in [-0.4, -0.2) is 30.7 Å². The fourth-order valence-electron chi connectivity index (χ4n) is 3.66. The van der Waals surface area contributed by atoms with E-state index >= 15 is 0 Å². The third kappa shape index (κ3) is 3.70. The number of hydrogen-bond donors (Lipinski definition) is 0. The maximum absolute atomic E-state index is 3.96. The van der Waals surface area contributed by atoms with Gasteiger partial charge in [0, 0.05) is 18.8 Å². The van der Waals surface area contributed by atoms with Crippen LogP contribution in [-0.2, 0) is 6.42 Å². The summed E-state index contributed by atoms with van der Waals surface area (Å²) in [6, 6.07) is 8.81. The van der Waals surface area contributed by atoms with Gasteiger partial charge in [0.1, 0.15) is 0 Å². The van der Waals surface area contributed by atoms with Gasteiger partial charge in [0.25, 0.3) is 0 Å². The second-order valence-electron chi connectivity index (χ2n) is 6.39. The Bertz CT molecular complexity index is 415. The van der Waals surface area contributed by atoms with E-state index in [1.165, 1.54) is 54.5 Å². The largest absolute Gasteiger partial charge is 0.320 e. The molecule has 1 aliphatic heterocycles. The average Bonchev–Trinajstić information content (AvgIpc) is 2.81. The Balaban J connectivity index is 1.98. The number of nitrogens with zero attached hydrogens (tertiary/aromatic N) is 1. The molecule has 0 N–H and O–H groups in total. The Hall–Kier alpha value is -1.08. The molecule has 1 aromatic rings. The summed E-state index contributed by atoms with van der Waals surface area (Å²) in [4.78, 5) is 0. The lowest BCUT2D eigenvalue weighted by atomic mass is 9.96. The minimum Gasteiger partial charge on any atom is -0.320 e. The van der Waals surface area contributed by atoms with E-state index in [1.54, 1.807) is 0 Å². The molecule has 0 aromatic heterocycles. The fraction of sp³-hybridized carbons (Fsp3) is 0.556. The molecule has 104 valence electrons. The van der Waals surface area contributed by atoms with Crippen LogP contribution in [0.25, 0.3) is 0 Å². The molecule has 0 amide bonds. The quantitative estimate of drug-likeness (QED) is 0.535. The van der Waals surface area contributed by atoms with Gasteiger partial charge in [0.2, 0.25) is 0 Å². The molecule has 1 heteroatoms. The predicted molar refractivity (Wildman–Crippen MR) is 83.2 cm³/mol. The number of benzene rings is 1. The van der Waals surface area contributed by atoms with Crippen molar-refractivity contribution in [2.75, 3.05) is 26.2 Å². The Kier molecular flexibility index (Phi) is 4.81. The van der Waals surface area contributed by atoms with Gasteiger partial charge in [-0.15, -0.1) is 0 Å². The lowest BCUT2D eigenvalue weighted by molar-refractivity contribution is -0.914. The molecular weight excluding hydrogens is 230 g/mol. The predicted octanol–water partition coefficient (Wildman–Crippen LogP) is 3.97. The first-order chi connectivity index (χ1) is 9.15. The maximum Gasteiger partial charge on any atom is 0.0971 e. The highest BCUT2D eigenvalue weighted by molar-refractivity contribution is 5.25. The van der Waals surface area contributed by atoms with Crippen molar-refractivity contribution < 1.29 is 4.48 Å². The number of hydrogen-bond acceptors (Lipinski definition) is 0. The minimum atomic E-state index is 0.749. The van der Waals surface area contributed by atoms with E-state index in [1.807, 2.05) is 0 Å². The van der Waals surface area contributed by atoms with E-state index in [0.29, 0.717) is 0 Å². The van der Waals surface area contributed by atoms with Crippen LogP contribution in [0, 0.1) is 12.8 Å². The highest BCUT2D eigenvalue weighted by Crippen LogP contribution is 2.23. The third-order valence-corrected chi connectivity index (χ3v) is 4.56. The van der Waals surface area contributed by atoms with Crippen LogP contribution in [0.1, 0.15) is 30.9 Å². The van der Waals surface area contributed by atoms with Gasteiger partial charge >= 0.3 is 0 Å². The van der Waals surface area contributed by atoms with Gasteiger partial charge in [0.15, 0.2) is 0 Å². The van der Waals surface area contributed by atoms with Crippen LogP contribution in [0.15, 0.2) is 36.9 Å². The molecule has 1 unspecified atom stereocenters. The summed E-state index contributed by atoms with van der Waals surface area (Å²) in [7, 11) is 0. The van der Waals surface area contributed by atoms with E-state index in [9.17, 15) is 0 Å². The van der Waals surface area contributed by atoms with Crippen molar-refractivity contribution in [2.45, 2.75) is 33.1 Å². The fourth-order valence-corrected chi connectivity index (χ4v) is 3.66. The Labute approximate surface area is 118 Å². The van der Waals surface area contributed by atoms with Crippen LogP contribution in [0.3, 0.4) is 0 Å². The zero-order valence-corrected chi connectivity index (χ0v) is 12.6. The Morgan fingerprint density at radius 1 is 1.26 bits per heavy atom. The summed E-state index contributed by atoms with van der Waals surface area (Å²) < 4.78 is 1.27. The molecule has 2 rings (SSSR count). The molecule has 1 saturated heterocycles. The van der Waals surface area contributed by atoms with Gasteiger partial charge in [-0.25, -0.2) is 0 Å². The third-order valence-electron chi connectivity index (χ3n) is 4.56.